The van der Waals surface area contributed by atoms with E-state index in [2.05, 4.69) is 5.32 Å². The summed E-state index contributed by atoms with van der Waals surface area (Å²) >= 11 is 11.8. The highest BCUT2D eigenvalue weighted by molar-refractivity contribution is 6.35. The molecule has 0 radical (unpaired) electrons. The van der Waals surface area contributed by atoms with Gasteiger partial charge in [-0.3, -0.25) is 4.79 Å². The second kappa shape index (κ2) is 8.13. The van der Waals surface area contributed by atoms with Crippen molar-refractivity contribution in [1.29, 1.82) is 0 Å². The Kier molecular flexibility index (Phi) is 6.19. The molecule has 0 saturated carbocycles. The van der Waals surface area contributed by atoms with E-state index < -0.39 is 17.5 Å². The lowest BCUT2D eigenvalue weighted by Crippen LogP contribution is -2.30. The first-order chi connectivity index (χ1) is 11.0. The molecule has 0 bridgehead atoms. The summed E-state index contributed by atoms with van der Waals surface area (Å²) in [4.78, 5) is 11.6. The van der Waals surface area contributed by atoms with Gasteiger partial charge in [-0.15, -0.1) is 0 Å². The predicted molar refractivity (Wildman–Crippen MR) is 85.0 cm³/mol. The van der Waals surface area contributed by atoms with Gasteiger partial charge >= 0.3 is 0 Å². The highest BCUT2D eigenvalue weighted by Gasteiger charge is 2.08. The number of benzene rings is 2. The van der Waals surface area contributed by atoms with Gasteiger partial charge in [0.1, 0.15) is 5.82 Å². The van der Waals surface area contributed by atoms with E-state index in [9.17, 15) is 13.6 Å². The number of nitrogens with one attached hydrogen (secondary N) is 1. The number of halogens is 4. The van der Waals surface area contributed by atoms with Crippen LogP contribution in [0.4, 0.5) is 8.78 Å². The molecule has 0 aliphatic carbocycles. The van der Waals surface area contributed by atoms with Gasteiger partial charge in [0.05, 0.1) is 0 Å². The largest absolute Gasteiger partial charge is 0.481 e. The van der Waals surface area contributed by atoms with Crippen LogP contribution in [0.2, 0.25) is 10.0 Å². The first kappa shape index (κ1) is 17.5. The van der Waals surface area contributed by atoms with Crippen LogP contribution in [-0.2, 0) is 11.2 Å². The molecular formula is C16H13Cl2F2NO2. The Morgan fingerprint density at radius 1 is 1.13 bits per heavy atom. The van der Waals surface area contributed by atoms with Gasteiger partial charge in [0, 0.05) is 22.7 Å². The van der Waals surface area contributed by atoms with Crippen molar-refractivity contribution in [2.24, 2.45) is 0 Å². The van der Waals surface area contributed by atoms with Crippen LogP contribution in [0.3, 0.4) is 0 Å². The van der Waals surface area contributed by atoms with Gasteiger partial charge < -0.3 is 10.1 Å². The van der Waals surface area contributed by atoms with E-state index in [1.165, 1.54) is 0 Å². The minimum Gasteiger partial charge on any atom is -0.481 e. The molecule has 23 heavy (non-hydrogen) atoms. The van der Waals surface area contributed by atoms with E-state index in [4.69, 9.17) is 27.9 Å². The third-order valence-corrected chi connectivity index (χ3v) is 3.57. The fourth-order valence-corrected chi connectivity index (χ4v) is 2.35. The molecule has 2 rings (SSSR count). The van der Waals surface area contributed by atoms with Crippen molar-refractivity contribution in [1.82, 2.24) is 5.32 Å². The second-order valence-electron chi connectivity index (χ2n) is 4.70. The summed E-state index contributed by atoms with van der Waals surface area (Å²) in [6.07, 6.45) is 0.520. The lowest BCUT2D eigenvalue weighted by molar-refractivity contribution is -0.123. The summed E-state index contributed by atoms with van der Waals surface area (Å²) in [7, 11) is 0. The van der Waals surface area contributed by atoms with Crippen LogP contribution in [0, 0.1) is 11.6 Å². The van der Waals surface area contributed by atoms with Crippen LogP contribution in [0.25, 0.3) is 0 Å². The molecule has 0 fully saturated rings. The maximum atomic E-state index is 13.3. The molecule has 0 aromatic heterocycles. The lowest BCUT2D eigenvalue weighted by Gasteiger charge is -2.09. The minimum atomic E-state index is -0.856. The molecule has 2 aromatic rings. The fourth-order valence-electron chi connectivity index (χ4n) is 1.85. The van der Waals surface area contributed by atoms with Gasteiger partial charge in [0.25, 0.3) is 5.91 Å². The van der Waals surface area contributed by atoms with Crippen LogP contribution >= 0.6 is 23.2 Å². The Hall–Kier alpha value is -1.85. The van der Waals surface area contributed by atoms with Gasteiger partial charge in [-0.1, -0.05) is 29.3 Å². The third-order valence-electron chi connectivity index (χ3n) is 2.98. The normalized spacial score (nSPS) is 10.4. The molecule has 0 atom stereocenters. The Balaban J connectivity index is 1.77. The average molecular weight is 360 g/mol. The number of ether oxygens (including phenoxy) is 1. The molecule has 122 valence electrons. The SMILES string of the molecule is O=C(COc1ccc(F)cc1F)NCCc1ccc(Cl)cc1Cl. The molecule has 1 N–H and O–H groups in total. The molecule has 3 nitrogen and oxygen atoms in total. The van der Waals surface area contributed by atoms with Gasteiger partial charge in [-0.05, 0) is 36.2 Å². The lowest BCUT2D eigenvalue weighted by atomic mass is 10.1. The van der Waals surface area contributed by atoms with Crippen molar-refractivity contribution in [2.45, 2.75) is 6.42 Å². The van der Waals surface area contributed by atoms with Gasteiger partial charge in [-0.2, -0.15) is 0 Å². The monoisotopic (exact) mass is 359 g/mol. The van der Waals surface area contributed by atoms with Crippen molar-refractivity contribution in [3.05, 3.63) is 63.6 Å². The maximum absolute atomic E-state index is 13.3. The minimum absolute atomic E-state index is 0.178. The molecule has 7 heteroatoms. The Labute approximate surface area is 142 Å². The first-order valence-corrected chi connectivity index (χ1v) is 7.50. The van der Waals surface area contributed by atoms with Crippen molar-refractivity contribution in [2.75, 3.05) is 13.2 Å². The number of hydrogen-bond donors (Lipinski definition) is 1. The summed E-state index contributed by atoms with van der Waals surface area (Å²) in [6.45, 7) is -0.0215. The summed E-state index contributed by atoms with van der Waals surface area (Å²) in [5.74, 6) is -2.16. The highest BCUT2D eigenvalue weighted by atomic mass is 35.5. The molecule has 0 spiro atoms. The Bertz CT molecular complexity index is 710. The molecule has 0 heterocycles. The van der Waals surface area contributed by atoms with Gasteiger partial charge in [-0.25, -0.2) is 8.78 Å². The van der Waals surface area contributed by atoms with Crippen LogP contribution in [0.5, 0.6) is 5.75 Å². The Morgan fingerprint density at radius 2 is 1.91 bits per heavy atom. The van der Waals surface area contributed by atoms with E-state index in [0.717, 1.165) is 17.7 Å². The Morgan fingerprint density at radius 3 is 2.61 bits per heavy atom. The van der Waals surface area contributed by atoms with Crippen LogP contribution < -0.4 is 10.1 Å². The van der Waals surface area contributed by atoms with Gasteiger partial charge in [0.2, 0.25) is 0 Å². The van der Waals surface area contributed by atoms with Crippen LogP contribution in [-0.4, -0.2) is 19.1 Å². The number of amides is 1. The zero-order valence-electron chi connectivity index (χ0n) is 11.9. The van der Waals surface area contributed by atoms with E-state index in [-0.39, 0.29) is 12.4 Å². The van der Waals surface area contributed by atoms with Crippen molar-refractivity contribution in [3.63, 3.8) is 0 Å². The molecule has 1 amide bonds. The molecule has 0 aliphatic rings. The van der Waals surface area contributed by atoms with E-state index in [0.29, 0.717) is 29.1 Å². The number of carbonyl (C=O) groups excluding carboxylic acids is 1. The summed E-state index contributed by atoms with van der Waals surface area (Å²) in [6, 6.07) is 7.99. The average Bonchev–Trinajstić information content (AvgIpc) is 2.48. The molecule has 0 unspecified atom stereocenters. The molecule has 2 aromatic carbocycles. The van der Waals surface area contributed by atoms with Crippen molar-refractivity contribution < 1.29 is 18.3 Å². The summed E-state index contributed by atoms with van der Waals surface area (Å²) in [5.41, 5.74) is 0.849. The third kappa shape index (κ3) is 5.37. The zero-order valence-corrected chi connectivity index (χ0v) is 13.4. The van der Waals surface area contributed by atoms with E-state index in [1.807, 2.05) is 0 Å². The zero-order chi connectivity index (χ0) is 16.8. The topological polar surface area (TPSA) is 38.3 Å². The van der Waals surface area contributed by atoms with E-state index >= 15 is 0 Å². The maximum Gasteiger partial charge on any atom is 0.257 e. The quantitative estimate of drug-likeness (QED) is 0.846. The number of carbonyl (C=O) groups is 1. The summed E-state index contributed by atoms with van der Waals surface area (Å²) < 4.78 is 31.1. The standard InChI is InChI=1S/C16H13Cl2F2NO2/c17-11-2-1-10(13(18)7-11)5-6-21-16(22)9-23-15-4-3-12(19)8-14(15)20/h1-4,7-8H,5-6,9H2,(H,21,22). The van der Waals surface area contributed by atoms with Crippen LogP contribution in [0.1, 0.15) is 5.56 Å². The molecule has 0 aliphatic heterocycles. The second-order valence-corrected chi connectivity index (χ2v) is 5.54. The number of rotatable bonds is 6. The van der Waals surface area contributed by atoms with Crippen LogP contribution in [0.15, 0.2) is 36.4 Å². The van der Waals surface area contributed by atoms with Crippen molar-refractivity contribution in [3.8, 4) is 5.75 Å². The summed E-state index contributed by atoms with van der Waals surface area (Å²) in [5, 5.41) is 3.69. The number of hydrogen-bond acceptors (Lipinski definition) is 2. The molecular weight excluding hydrogens is 347 g/mol. The van der Waals surface area contributed by atoms with Crippen molar-refractivity contribution >= 4 is 29.1 Å². The first-order valence-electron chi connectivity index (χ1n) is 6.74. The predicted octanol–water partition coefficient (Wildman–Crippen LogP) is 4.01. The molecule has 0 saturated heterocycles. The fraction of sp³-hybridized carbons (Fsp3) is 0.188. The highest BCUT2D eigenvalue weighted by Crippen LogP contribution is 2.21. The smallest absolute Gasteiger partial charge is 0.257 e. The van der Waals surface area contributed by atoms with Gasteiger partial charge in [0.15, 0.2) is 18.2 Å². The van der Waals surface area contributed by atoms with E-state index in [1.54, 1.807) is 18.2 Å².